The summed E-state index contributed by atoms with van der Waals surface area (Å²) < 4.78 is 91.7. The number of hydrogen-bond donors (Lipinski definition) is 0. The standard InChI is InChI=1S/C6Br2ClF8N/c7-3(12,2(10,11)1-18)5(14,15)4(8,13)6(9,16)17. The molecule has 0 aliphatic rings. The fourth-order valence-electron chi connectivity index (χ4n) is 0.643. The lowest BCUT2D eigenvalue weighted by Crippen LogP contribution is -2.64. The molecule has 12 heteroatoms. The van der Waals surface area contributed by atoms with Crippen LogP contribution in [0.1, 0.15) is 0 Å². The first-order valence-electron chi connectivity index (χ1n) is 3.55. The van der Waals surface area contributed by atoms with Gasteiger partial charge in [0.2, 0.25) is 0 Å². The Bertz CT molecular complexity index is 371. The van der Waals surface area contributed by atoms with E-state index in [1.165, 1.54) is 0 Å². The molecule has 1 nitrogen and oxygen atoms in total. The van der Waals surface area contributed by atoms with Gasteiger partial charge < -0.3 is 0 Å². The van der Waals surface area contributed by atoms with E-state index in [2.05, 4.69) is 11.6 Å². The minimum Gasteiger partial charge on any atom is -0.216 e. The summed E-state index contributed by atoms with van der Waals surface area (Å²) in [5.74, 6) is -11.6. The average Bonchev–Trinajstić information content (AvgIpc) is 2.15. The Morgan fingerprint density at radius 3 is 1.39 bits per heavy atom. The van der Waals surface area contributed by atoms with Crippen molar-refractivity contribution >= 4 is 43.5 Å². The summed E-state index contributed by atoms with van der Waals surface area (Å²) in [7, 11) is 0. The maximum Gasteiger partial charge on any atom is 0.381 e. The van der Waals surface area contributed by atoms with Gasteiger partial charge in [0.15, 0.2) is 0 Å². The van der Waals surface area contributed by atoms with Crippen molar-refractivity contribution in [2.45, 2.75) is 26.4 Å². The highest BCUT2D eigenvalue weighted by atomic mass is 79.9. The number of halogens is 11. The van der Waals surface area contributed by atoms with Crippen molar-refractivity contribution in [1.82, 2.24) is 0 Å². The molecule has 2 unspecified atom stereocenters. The van der Waals surface area contributed by atoms with Gasteiger partial charge in [-0.05, 0) is 43.5 Å². The average molecular weight is 433 g/mol. The van der Waals surface area contributed by atoms with Crippen LogP contribution >= 0.6 is 43.5 Å². The molecule has 0 rings (SSSR count). The third-order valence-corrected chi connectivity index (χ3v) is 4.16. The normalized spacial score (nSPS) is 20.8. The predicted octanol–water partition coefficient (Wildman–Crippen LogP) is 4.73. The molecule has 0 aliphatic heterocycles. The van der Waals surface area contributed by atoms with Gasteiger partial charge in [0.1, 0.15) is 6.07 Å². The maximum absolute atomic E-state index is 13.2. The Kier molecular flexibility index (Phi) is 4.67. The molecule has 0 saturated carbocycles. The van der Waals surface area contributed by atoms with Gasteiger partial charge in [-0.25, -0.2) is 8.78 Å². The molecule has 18 heavy (non-hydrogen) atoms. The second kappa shape index (κ2) is 4.63. The molecule has 0 amide bonds. The largest absolute Gasteiger partial charge is 0.381 e. The van der Waals surface area contributed by atoms with Crippen molar-refractivity contribution in [2.24, 2.45) is 0 Å². The van der Waals surface area contributed by atoms with Crippen molar-refractivity contribution in [1.29, 1.82) is 5.26 Å². The van der Waals surface area contributed by atoms with E-state index in [1.807, 2.05) is 0 Å². The van der Waals surface area contributed by atoms with Crippen LogP contribution in [-0.2, 0) is 0 Å². The zero-order chi connectivity index (χ0) is 15.2. The van der Waals surface area contributed by atoms with Crippen LogP contribution in [0.4, 0.5) is 35.1 Å². The van der Waals surface area contributed by atoms with Crippen LogP contribution in [0.5, 0.6) is 0 Å². The zero-order valence-corrected chi connectivity index (χ0v) is 11.5. The molecule has 106 valence electrons. The van der Waals surface area contributed by atoms with Crippen molar-refractivity contribution in [3.8, 4) is 6.07 Å². The lowest BCUT2D eigenvalue weighted by molar-refractivity contribution is -0.240. The van der Waals surface area contributed by atoms with Crippen molar-refractivity contribution in [3.05, 3.63) is 0 Å². The van der Waals surface area contributed by atoms with Gasteiger partial charge in [-0.1, -0.05) is 0 Å². The minimum atomic E-state index is -6.09. The molecule has 0 radical (unpaired) electrons. The SMILES string of the molecule is N#CC(F)(F)C(F)(Br)C(F)(F)C(F)(Br)C(F)(F)Cl. The Morgan fingerprint density at radius 2 is 1.17 bits per heavy atom. The molecule has 2 atom stereocenters. The second-order valence-corrected chi connectivity index (χ2v) is 5.57. The van der Waals surface area contributed by atoms with E-state index in [1.54, 1.807) is 0 Å². The van der Waals surface area contributed by atoms with E-state index in [9.17, 15) is 35.1 Å². The number of nitrogens with zero attached hydrogens (tertiary/aromatic N) is 1. The van der Waals surface area contributed by atoms with Gasteiger partial charge in [0, 0.05) is 0 Å². The third-order valence-electron chi connectivity index (χ3n) is 1.68. The number of hydrogen-bond acceptors (Lipinski definition) is 1. The molecular weight excluding hydrogens is 433 g/mol. The lowest BCUT2D eigenvalue weighted by atomic mass is 10.0. The molecule has 0 bridgehead atoms. The number of alkyl halides is 11. The van der Waals surface area contributed by atoms with Crippen LogP contribution < -0.4 is 0 Å². The van der Waals surface area contributed by atoms with Crippen LogP contribution in [0.15, 0.2) is 0 Å². The highest BCUT2D eigenvalue weighted by molar-refractivity contribution is 9.10. The van der Waals surface area contributed by atoms with E-state index in [-0.39, 0.29) is 6.07 Å². The van der Waals surface area contributed by atoms with Gasteiger partial charge in [0.25, 0.3) is 0 Å². The fourth-order valence-corrected chi connectivity index (χ4v) is 1.66. The molecule has 0 saturated heterocycles. The summed E-state index contributed by atoms with van der Waals surface area (Å²) >= 11 is 6.09. The highest BCUT2D eigenvalue weighted by Gasteiger charge is 2.82. The fraction of sp³-hybridized carbons (Fsp3) is 0.833. The van der Waals surface area contributed by atoms with Crippen LogP contribution in [0.2, 0.25) is 0 Å². The van der Waals surface area contributed by atoms with Gasteiger partial charge >= 0.3 is 26.4 Å². The van der Waals surface area contributed by atoms with E-state index >= 15 is 0 Å². The van der Waals surface area contributed by atoms with Crippen molar-refractivity contribution < 1.29 is 35.1 Å². The van der Waals surface area contributed by atoms with Crippen molar-refractivity contribution in [3.63, 3.8) is 0 Å². The second-order valence-electron chi connectivity index (χ2n) is 2.91. The summed E-state index contributed by atoms with van der Waals surface area (Å²) in [5.41, 5.74) is 0. The van der Waals surface area contributed by atoms with Gasteiger partial charge in [-0.2, -0.15) is 31.6 Å². The summed E-state index contributed by atoms with van der Waals surface area (Å²) in [5, 5.41) is 2.36. The quantitative estimate of drug-likeness (QED) is 0.465. The van der Waals surface area contributed by atoms with Crippen LogP contribution in [-0.4, -0.2) is 26.4 Å². The Morgan fingerprint density at radius 1 is 0.833 bits per heavy atom. The molecule has 0 aromatic heterocycles. The Labute approximate surface area is 116 Å². The number of nitriles is 1. The van der Waals surface area contributed by atoms with E-state index in [4.69, 9.17) is 5.26 Å². The first kappa shape index (κ1) is 18.2. The van der Waals surface area contributed by atoms with Gasteiger partial charge in [-0.3, -0.25) is 0 Å². The topological polar surface area (TPSA) is 23.8 Å². The van der Waals surface area contributed by atoms with Crippen molar-refractivity contribution in [2.75, 3.05) is 0 Å². The molecule has 0 spiro atoms. The molecule has 0 N–H and O–H groups in total. The first-order chi connectivity index (χ1) is 7.56. The van der Waals surface area contributed by atoms with Gasteiger partial charge in [-0.15, -0.1) is 0 Å². The monoisotopic (exact) mass is 431 g/mol. The summed E-state index contributed by atoms with van der Waals surface area (Å²) in [6, 6.07) is -0.199. The van der Waals surface area contributed by atoms with E-state index in [0.717, 1.165) is 31.9 Å². The van der Waals surface area contributed by atoms with E-state index < -0.39 is 26.4 Å². The molecule has 0 fully saturated rings. The first-order valence-corrected chi connectivity index (χ1v) is 5.52. The van der Waals surface area contributed by atoms with Crippen LogP contribution in [0, 0.1) is 11.3 Å². The summed E-state index contributed by atoms with van der Waals surface area (Å²) in [6.45, 7) is 0. The summed E-state index contributed by atoms with van der Waals surface area (Å²) in [4.78, 5) is 0. The molecule has 0 aromatic rings. The smallest absolute Gasteiger partial charge is 0.216 e. The van der Waals surface area contributed by atoms with Crippen LogP contribution in [0.3, 0.4) is 0 Å². The van der Waals surface area contributed by atoms with E-state index in [0.29, 0.717) is 0 Å². The summed E-state index contributed by atoms with van der Waals surface area (Å²) in [6.07, 6.45) is 0. The molecule has 0 heterocycles. The predicted molar refractivity (Wildman–Crippen MR) is 51.8 cm³/mol. The highest BCUT2D eigenvalue weighted by Crippen LogP contribution is 2.61. The van der Waals surface area contributed by atoms with Crippen LogP contribution in [0.25, 0.3) is 0 Å². The Hall–Kier alpha value is 0.180. The molecule has 0 aliphatic carbocycles. The lowest BCUT2D eigenvalue weighted by Gasteiger charge is -2.38. The number of rotatable bonds is 4. The maximum atomic E-state index is 13.2. The minimum absolute atomic E-state index is 0.199. The van der Waals surface area contributed by atoms with Gasteiger partial charge in [0.05, 0.1) is 0 Å². The zero-order valence-electron chi connectivity index (χ0n) is 7.60. The third kappa shape index (κ3) is 2.43. The Balaban J connectivity index is 5.90. The molecular formula is C6Br2ClF8N. The molecule has 0 aromatic carbocycles.